The molecule has 108 valence electrons. The second-order valence-electron chi connectivity index (χ2n) is 4.42. The van der Waals surface area contributed by atoms with Gasteiger partial charge in [-0.3, -0.25) is 4.90 Å². The molecule has 0 heterocycles. The van der Waals surface area contributed by atoms with Gasteiger partial charge >= 0.3 is 0 Å². The lowest BCUT2D eigenvalue weighted by atomic mass is 10.3. The van der Waals surface area contributed by atoms with Crippen LogP contribution < -0.4 is 16.4 Å². The van der Waals surface area contributed by atoms with Gasteiger partial charge in [0, 0.05) is 13.1 Å². The molecule has 0 rings (SSSR count). The summed E-state index contributed by atoms with van der Waals surface area (Å²) in [4.78, 5) is 2.50. The van der Waals surface area contributed by atoms with E-state index in [9.17, 15) is 0 Å². The van der Waals surface area contributed by atoms with Crippen molar-refractivity contribution in [3.8, 4) is 0 Å². The third-order valence-corrected chi connectivity index (χ3v) is 2.82. The van der Waals surface area contributed by atoms with Gasteiger partial charge in [0.1, 0.15) is 0 Å². The molecule has 4 nitrogen and oxygen atoms in total. The smallest absolute Gasteiger partial charge is 0.0163 e. The summed E-state index contributed by atoms with van der Waals surface area (Å²) in [6.45, 7) is 12.6. The average molecular weight is 256 g/mol. The van der Waals surface area contributed by atoms with Crippen LogP contribution in [0.5, 0.6) is 0 Å². The Morgan fingerprint density at radius 3 is 1.94 bits per heavy atom. The summed E-state index contributed by atoms with van der Waals surface area (Å²) in [5.41, 5.74) is 5.47. The van der Waals surface area contributed by atoms with E-state index in [4.69, 9.17) is 5.73 Å². The number of nitrogens with one attached hydrogen (secondary N) is 2. The summed E-state index contributed by atoms with van der Waals surface area (Å²) in [5.74, 6) is 0. The Bertz CT molecular complexity index is 171. The van der Waals surface area contributed by atoms with Crippen LogP contribution >= 0.6 is 0 Å². The molecule has 0 aliphatic rings. The fraction of sp³-hybridized carbons (Fsp3) is 0.857. The lowest BCUT2D eigenvalue weighted by Crippen LogP contribution is -2.30. The van der Waals surface area contributed by atoms with Gasteiger partial charge in [0.2, 0.25) is 0 Å². The summed E-state index contributed by atoms with van der Waals surface area (Å²) in [7, 11) is 0. The van der Waals surface area contributed by atoms with E-state index in [0.29, 0.717) is 6.54 Å². The van der Waals surface area contributed by atoms with Gasteiger partial charge in [0.25, 0.3) is 0 Å². The molecular weight excluding hydrogens is 224 g/mol. The van der Waals surface area contributed by atoms with E-state index in [-0.39, 0.29) is 0 Å². The first-order chi connectivity index (χ1) is 8.85. The Labute approximate surface area is 113 Å². The third kappa shape index (κ3) is 12.0. The molecule has 0 atom stereocenters. The van der Waals surface area contributed by atoms with Crippen LogP contribution in [0.3, 0.4) is 0 Å². The summed E-state index contributed by atoms with van der Waals surface area (Å²) in [6, 6.07) is 0. The molecule has 18 heavy (non-hydrogen) atoms. The molecule has 0 aliphatic heterocycles. The quantitative estimate of drug-likeness (QED) is 0.337. The minimum absolute atomic E-state index is 0.641. The molecular formula is C14H32N4. The van der Waals surface area contributed by atoms with Crippen molar-refractivity contribution in [2.75, 3.05) is 52.4 Å². The largest absolute Gasteiger partial charge is 0.327 e. The highest BCUT2D eigenvalue weighted by molar-refractivity contribution is 4.85. The van der Waals surface area contributed by atoms with Gasteiger partial charge in [0.05, 0.1) is 0 Å². The van der Waals surface area contributed by atoms with Gasteiger partial charge in [-0.1, -0.05) is 26.0 Å². The maximum Gasteiger partial charge on any atom is 0.0163 e. The van der Waals surface area contributed by atoms with Crippen LogP contribution in [0, 0.1) is 0 Å². The van der Waals surface area contributed by atoms with Crippen molar-refractivity contribution in [2.24, 2.45) is 5.73 Å². The third-order valence-electron chi connectivity index (χ3n) is 2.82. The van der Waals surface area contributed by atoms with Gasteiger partial charge in [0.15, 0.2) is 0 Å². The Morgan fingerprint density at radius 1 is 0.944 bits per heavy atom. The standard InChI is InChI=1S/C14H32N4/c1-3-16-10-7-13-18(12-6-5-9-15)14-8-11-17-4-2/h5-6,16-17H,3-4,7-15H2,1-2H3/b6-5+. The Kier molecular flexibility index (Phi) is 14.3. The van der Waals surface area contributed by atoms with Crippen molar-refractivity contribution in [1.29, 1.82) is 0 Å². The van der Waals surface area contributed by atoms with Gasteiger partial charge < -0.3 is 16.4 Å². The Hall–Kier alpha value is -0.420. The van der Waals surface area contributed by atoms with Gasteiger partial charge in [-0.2, -0.15) is 0 Å². The molecule has 0 amide bonds. The molecule has 0 saturated heterocycles. The topological polar surface area (TPSA) is 53.3 Å². The zero-order chi connectivity index (χ0) is 13.5. The van der Waals surface area contributed by atoms with Gasteiger partial charge in [-0.25, -0.2) is 0 Å². The minimum atomic E-state index is 0.641. The number of nitrogens with zero attached hydrogens (tertiary/aromatic N) is 1. The Balaban J connectivity index is 3.73. The predicted octanol–water partition coefficient (Wildman–Crippen LogP) is 0.803. The van der Waals surface area contributed by atoms with E-state index >= 15 is 0 Å². The molecule has 4 N–H and O–H groups in total. The molecule has 0 aromatic heterocycles. The number of hydrogen-bond donors (Lipinski definition) is 3. The van der Waals surface area contributed by atoms with Crippen LogP contribution in [0.2, 0.25) is 0 Å². The number of hydrogen-bond acceptors (Lipinski definition) is 4. The minimum Gasteiger partial charge on any atom is -0.327 e. The van der Waals surface area contributed by atoms with E-state index in [1.807, 2.05) is 6.08 Å². The number of rotatable bonds is 13. The first-order valence-corrected chi connectivity index (χ1v) is 7.34. The van der Waals surface area contributed by atoms with Crippen LogP contribution in [0.4, 0.5) is 0 Å². The molecule has 0 spiro atoms. The molecule has 0 unspecified atom stereocenters. The monoisotopic (exact) mass is 256 g/mol. The molecule has 0 fully saturated rings. The fourth-order valence-electron chi connectivity index (χ4n) is 1.82. The predicted molar refractivity (Wildman–Crippen MR) is 81.0 cm³/mol. The van der Waals surface area contributed by atoms with Crippen LogP contribution in [0.1, 0.15) is 26.7 Å². The van der Waals surface area contributed by atoms with Crippen molar-refractivity contribution in [1.82, 2.24) is 15.5 Å². The number of nitrogens with two attached hydrogens (primary N) is 1. The van der Waals surface area contributed by atoms with Crippen molar-refractivity contribution in [3.05, 3.63) is 12.2 Å². The molecule has 0 radical (unpaired) electrons. The van der Waals surface area contributed by atoms with Crippen LogP contribution in [0.15, 0.2) is 12.2 Å². The zero-order valence-electron chi connectivity index (χ0n) is 12.3. The first-order valence-electron chi connectivity index (χ1n) is 7.34. The second kappa shape index (κ2) is 14.6. The highest BCUT2D eigenvalue weighted by Crippen LogP contribution is 1.94. The maximum atomic E-state index is 5.47. The normalized spacial score (nSPS) is 11.8. The summed E-state index contributed by atoms with van der Waals surface area (Å²) >= 11 is 0. The van der Waals surface area contributed by atoms with Gasteiger partial charge in [-0.05, 0) is 52.1 Å². The molecule has 0 aliphatic carbocycles. The fourth-order valence-corrected chi connectivity index (χ4v) is 1.82. The molecule has 0 bridgehead atoms. The highest BCUT2D eigenvalue weighted by atomic mass is 15.1. The van der Waals surface area contributed by atoms with E-state index in [1.165, 1.54) is 12.8 Å². The lowest BCUT2D eigenvalue weighted by Gasteiger charge is -2.20. The Morgan fingerprint density at radius 2 is 1.50 bits per heavy atom. The molecule has 4 heteroatoms. The molecule has 0 saturated carbocycles. The van der Waals surface area contributed by atoms with Crippen LogP contribution in [-0.2, 0) is 0 Å². The van der Waals surface area contributed by atoms with Crippen LogP contribution in [0.25, 0.3) is 0 Å². The van der Waals surface area contributed by atoms with Gasteiger partial charge in [-0.15, -0.1) is 0 Å². The lowest BCUT2D eigenvalue weighted by molar-refractivity contribution is 0.291. The highest BCUT2D eigenvalue weighted by Gasteiger charge is 2.02. The first kappa shape index (κ1) is 17.6. The van der Waals surface area contributed by atoms with E-state index in [1.54, 1.807) is 0 Å². The zero-order valence-corrected chi connectivity index (χ0v) is 12.3. The van der Waals surface area contributed by atoms with Crippen molar-refractivity contribution < 1.29 is 0 Å². The van der Waals surface area contributed by atoms with E-state index in [0.717, 1.165) is 45.8 Å². The average Bonchev–Trinajstić information content (AvgIpc) is 2.39. The van der Waals surface area contributed by atoms with Crippen LogP contribution in [-0.4, -0.2) is 57.3 Å². The second-order valence-corrected chi connectivity index (χ2v) is 4.42. The SMILES string of the molecule is CCNCCCN(C/C=C/CN)CCCNCC. The maximum absolute atomic E-state index is 5.47. The summed E-state index contributed by atoms with van der Waals surface area (Å²) in [6.07, 6.45) is 6.65. The van der Waals surface area contributed by atoms with Crippen molar-refractivity contribution in [2.45, 2.75) is 26.7 Å². The van der Waals surface area contributed by atoms with E-state index < -0.39 is 0 Å². The van der Waals surface area contributed by atoms with E-state index in [2.05, 4.69) is 35.5 Å². The van der Waals surface area contributed by atoms with Crippen molar-refractivity contribution >= 4 is 0 Å². The summed E-state index contributed by atoms with van der Waals surface area (Å²) in [5, 5.41) is 6.74. The molecule has 0 aromatic carbocycles. The summed E-state index contributed by atoms with van der Waals surface area (Å²) < 4.78 is 0. The van der Waals surface area contributed by atoms with Crippen molar-refractivity contribution in [3.63, 3.8) is 0 Å². The molecule has 0 aromatic rings.